The Morgan fingerprint density at radius 1 is 1.35 bits per heavy atom. The van der Waals surface area contributed by atoms with Crippen molar-refractivity contribution in [3.05, 3.63) is 29.3 Å². The third kappa shape index (κ3) is 3.35. The molecule has 6 heteroatoms. The molecule has 0 radical (unpaired) electrons. The van der Waals surface area contributed by atoms with Gasteiger partial charge in [-0.1, -0.05) is 17.7 Å². The van der Waals surface area contributed by atoms with Crippen LogP contribution in [0.5, 0.6) is 0 Å². The molecule has 1 heterocycles. The minimum atomic E-state index is -3.23. The number of halogens is 2. The Hall–Kier alpha value is -0.290. The maximum atomic E-state index is 12.2. The summed E-state index contributed by atoms with van der Waals surface area (Å²) in [6.07, 6.45) is 1.63. The van der Waals surface area contributed by atoms with Crippen molar-refractivity contribution in [2.45, 2.75) is 23.0 Å². The van der Waals surface area contributed by atoms with E-state index in [4.69, 9.17) is 11.6 Å². The van der Waals surface area contributed by atoms with Gasteiger partial charge in [0.05, 0.1) is 10.1 Å². The average Bonchev–Trinajstić information content (AvgIpc) is 2.30. The van der Waals surface area contributed by atoms with Crippen molar-refractivity contribution in [3.8, 4) is 0 Å². The molecule has 96 valence electrons. The molecule has 1 N–H and O–H groups in total. The molecule has 1 saturated heterocycles. The van der Waals surface area contributed by atoms with Crippen molar-refractivity contribution in [1.29, 1.82) is 0 Å². The van der Waals surface area contributed by atoms with Crippen LogP contribution in [0.25, 0.3) is 0 Å². The molecule has 1 atom stereocenters. The first-order valence-electron chi connectivity index (χ1n) is 5.31. The largest absolute Gasteiger partial charge is 0.315 e. The number of piperidine rings is 1. The molecule has 0 spiro atoms. The monoisotopic (exact) mass is 295 g/mol. The van der Waals surface area contributed by atoms with Crippen molar-refractivity contribution in [2.24, 2.45) is 0 Å². The molecule has 0 bridgehead atoms. The van der Waals surface area contributed by atoms with Gasteiger partial charge in [-0.05, 0) is 37.6 Å². The van der Waals surface area contributed by atoms with E-state index in [2.05, 4.69) is 5.32 Å². The highest BCUT2D eigenvalue weighted by Crippen LogP contribution is 2.23. The van der Waals surface area contributed by atoms with Gasteiger partial charge in [0.1, 0.15) is 0 Å². The molecule has 2 rings (SSSR count). The van der Waals surface area contributed by atoms with Crippen molar-refractivity contribution < 1.29 is 8.42 Å². The molecule has 3 nitrogen and oxygen atoms in total. The highest BCUT2D eigenvalue weighted by Gasteiger charge is 2.28. The zero-order valence-corrected chi connectivity index (χ0v) is 11.6. The fourth-order valence-corrected chi connectivity index (χ4v) is 3.93. The molecule has 1 fully saturated rings. The highest BCUT2D eigenvalue weighted by atomic mass is 35.5. The van der Waals surface area contributed by atoms with Gasteiger partial charge >= 0.3 is 0 Å². The minimum absolute atomic E-state index is 0. The van der Waals surface area contributed by atoms with Gasteiger partial charge in [-0.15, -0.1) is 12.4 Å². The highest BCUT2D eigenvalue weighted by molar-refractivity contribution is 7.92. The Morgan fingerprint density at radius 2 is 2.12 bits per heavy atom. The normalized spacial score (nSPS) is 20.6. The van der Waals surface area contributed by atoms with Crippen molar-refractivity contribution in [1.82, 2.24) is 5.32 Å². The first-order chi connectivity index (χ1) is 7.60. The maximum absolute atomic E-state index is 12.2. The molecule has 1 aromatic carbocycles. The third-order valence-electron chi connectivity index (χ3n) is 2.82. The quantitative estimate of drug-likeness (QED) is 0.911. The van der Waals surface area contributed by atoms with Gasteiger partial charge in [0, 0.05) is 11.6 Å². The van der Waals surface area contributed by atoms with Crippen LogP contribution in [0, 0.1) is 0 Å². The zero-order chi connectivity index (χ0) is 11.6. The summed E-state index contributed by atoms with van der Waals surface area (Å²) in [5.74, 6) is 0. The smallest absolute Gasteiger partial charge is 0.182 e. The number of hydrogen-bond acceptors (Lipinski definition) is 3. The SMILES string of the molecule is Cl.O=S(=O)(c1cccc(Cl)c1)C1CCCNC1. The number of sulfone groups is 1. The van der Waals surface area contributed by atoms with E-state index in [-0.39, 0.29) is 17.7 Å². The molecule has 0 amide bonds. The summed E-state index contributed by atoms with van der Waals surface area (Å²) >= 11 is 5.81. The van der Waals surface area contributed by atoms with Gasteiger partial charge < -0.3 is 5.32 Å². The van der Waals surface area contributed by atoms with Crippen LogP contribution in [0.2, 0.25) is 5.02 Å². The lowest BCUT2D eigenvalue weighted by Crippen LogP contribution is -2.38. The first-order valence-corrected chi connectivity index (χ1v) is 7.23. The number of benzene rings is 1. The summed E-state index contributed by atoms with van der Waals surface area (Å²) in [4.78, 5) is 0.328. The third-order valence-corrected chi connectivity index (χ3v) is 5.24. The van der Waals surface area contributed by atoms with E-state index in [9.17, 15) is 8.42 Å². The van der Waals surface area contributed by atoms with E-state index in [1.807, 2.05) is 0 Å². The lowest BCUT2D eigenvalue weighted by Gasteiger charge is -2.22. The lowest BCUT2D eigenvalue weighted by atomic mass is 10.2. The lowest BCUT2D eigenvalue weighted by molar-refractivity contribution is 0.497. The molecule has 1 aliphatic heterocycles. The Labute approximate surface area is 113 Å². The fourth-order valence-electron chi connectivity index (χ4n) is 1.92. The van der Waals surface area contributed by atoms with Gasteiger partial charge in [0.2, 0.25) is 0 Å². The first kappa shape index (κ1) is 14.8. The summed E-state index contributed by atoms with van der Waals surface area (Å²) < 4.78 is 24.5. The summed E-state index contributed by atoms with van der Waals surface area (Å²) in [7, 11) is -3.23. The van der Waals surface area contributed by atoms with Crippen LogP contribution >= 0.6 is 24.0 Å². The zero-order valence-electron chi connectivity index (χ0n) is 9.23. The van der Waals surface area contributed by atoms with E-state index in [0.29, 0.717) is 16.5 Å². The molecule has 0 aromatic heterocycles. The topological polar surface area (TPSA) is 46.2 Å². The van der Waals surface area contributed by atoms with E-state index in [1.165, 1.54) is 6.07 Å². The second-order valence-corrected chi connectivity index (χ2v) is 6.64. The maximum Gasteiger partial charge on any atom is 0.182 e. The molecule has 1 unspecified atom stereocenters. The number of nitrogens with one attached hydrogen (secondary N) is 1. The molecule has 17 heavy (non-hydrogen) atoms. The van der Waals surface area contributed by atoms with Gasteiger partial charge in [-0.25, -0.2) is 8.42 Å². The van der Waals surface area contributed by atoms with Crippen molar-refractivity contribution in [3.63, 3.8) is 0 Å². The Kier molecular flexibility index (Phi) is 5.25. The summed E-state index contributed by atoms with van der Waals surface area (Å²) in [5, 5.41) is 3.26. The predicted octanol–water partition coefficient (Wildman–Crippen LogP) is 2.29. The molecule has 0 aliphatic carbocycles. The molecule has 1 aromatic rings. The number of rotatable bonds is 2. The van der Waals surface area contributed by atoms with Crippen LogP contribution in [0.4, 0.5) is 0 Å². The van der Waals surface area contributed by atoms with Crippen LogP contribution in [0.1, 0.15) is 12.8 Å². The van der Waals surface area contributed by atoms with Gasteiger partial charge in [0.15, 0.2) is 9.84 Å². The predicted molar refractivity (Wildman–Crippen MR) is 71.8 cm³/mol. The average molecular weight is 296 g/mol. The summed E-state index contributed by atoms with van der Waals surface area (Å²) in [5.41, 5.74) is 0. The van der Waals surface area contributed by atoms with Crippen molar-refractivity contribution in [2.75, 3.05) is 13.1 Å². The van der Waals surface area contributed by atoms with E-state index in [1.54, 1.807) is 18.2 Å². The standard InChI is InChI=1S/C11H14ClNO2S.ClH/c12-9-3-1-4-10(7-9)16(14,15)11-5-2-6-13-8-11;/h1,3-4,7,11,13H,2,5-6,8H2;1H. The van der Waals surface area contributed by atoms with Crippen LogP contribution in [-0.2, 0) is 9.84 Å². The minimum Gasteiger partial charge on any atom is -0.315 e. The molecule has 0 saturated carbocycles. The second-order valence-electron chi connectivity index (χ2n) is 3.97. The Balaban J connectivity index is 0.00000144. The van der Waals surface area contributed by atoms with Crippen LogP contribution in [-0.4, -0.2) is 26.8 Å². The Bertz CT molecular complexity index is 470. The Morgan fingerprint density at radius 3 is 2.71 bits per heavy atom. The van der Waals surface area contributed by atoms with Crippen LogP contribution < -0.4 is 5.32 Å². The van der Waals surface area contributed by atoms with Crippen LogP contribution in [0.15, 0.2) is 29.2 Å². The van der Waals surface area contributed by atoms with E-state index in [0.717, 1.165) is 19.4 Å². The second kappa shape index (κ2) is 6.05. The van der Waals surface area contributed by atoms with Crippen LogP contribution in [0.3, 0.4) is 0 Å². The number of hydrogen-bond donors (Lipinski definition) is 1. The van der Waals surface area contributed by atoms with Crippen molar-refractivity contribution >= 4 is 33.8 Å². The summed E-state index contributed by atoms with van der Waals surface area (Å²) in [6, 6.07) is 6.48. The van der Waals surface area contributed by atoms with Gasteiger partial charge in [-0.2, -0.15) is 0 Å². The van der Waals surface area contributed by atoms with E-state index >= 15 is 0 Å². The van der Waals surface area contributed by atoms with Gasteiger partial charge in [-0.3, -0.25) is 0 Å². The van der Waals surface area contributed by atoms with E-state index < -0.39 is 9.84 Å². The molecule has 1 aliphatic rings. The molecular formula is C11H15Cl2NO2S. The fraction of sp³-hybridized carbons (Fsp3) is 0.455. The molecular weight excluding hydrogens is 281 g/mol. The van der Waals surface area contributed by atoms with Gasteiger partial charge in [0.25, 0.3) is 0 Å². The summed E-state index contributed by atoms with van der Waals surface area (Å²) in [6.45, 7) is 1.44.